The maximum atomic E-state index is 12.0. The molecule has 1 aliphatic rings. The number of esters is 1. The molecule has 0 bridgehead atoms. The van der Waals surface area contributed by atoms with E-state index in [1.54, 1.807) is 0 Å². The molecule has 1 saturated heterocycles. The molecule has 1 rings (SSSR count). The molecule has 8 heteroatoms. The second-order valence-electron chi connectivity index (χ2n) is 5.60. The molecule has 0 spiro atoms. The lowest BCUT2D eigenvalue weighted by molar-refractivity contribution is -0.140. The number of aliphatic imine (C=N–C) groups is 1. The molecule has 1 fully saturated rings. The third kappa shape index (κ3) is 9.94. The number of nitrogens with one attached hydrogen (secondary N) is 2. The summed E-state index contributed by atoms with van der Waals surface area (Å²) in [7, 11) is 1.41. The highest BCUT2D eigenvalue weighted by atomic mass is 127. The lowest BCUT2D eigenvalue weighted by atomic mass is 10.2. The Morgan fingerprint density at radius 2 is 1.83 bits per heavy atom. The predicted octanol–water partition coefficient (Wildman–Crippen LogP) is 1.52. The predicted molar refractivity (Wildman–Crippen MR) is 106 cm³/mol. The lowest BCUT2D eigenvalue weighted by Gasteiger charge is -2.15. The summed E-state index contributed by atoms with van der Waals surface area (Å²) in [5, 5.41) is 6.36. The van der Waals surface area contributed by atoms with E-state index in [4.69, 9.17) is 0 Å². The first-order chi connectivity index (χ1) is 11.2. The maximum Gasteiger partial charge on any atom is 0.305 e. The van der Waals surface area contributed by atoms with Gasteiger partial charge in [-0.1, -0.05) is 6.42 Å². The summed E-state index contributed by atoms with van der Waals surface area (Å²) in [5.74, 6) is 0.610. The Labute approximate surface area is 162 Å². The summed E-state index contributed by atoms with van der Waals surface area (Å²) >= 11 is 0. The lowest BCUT2D eigenvalue weighted by Crippen LogP contribution is -2.39. The standard InChI is InChI=1S/C16H30N4O3.HI/c1-3-17-16(18-10-6-4-5-9-15(22)23-2)19-13-14(21)20-11-7-8-12-20;/h3-13H2,1-2H3,(H2,17,18,19);1H. The van der Waals surface area contributed by atoms with Crippen molar-refractivity contribution in [2.24, 2.45) is 4.99 Å². The molecular formula is C16H31IN4O3. The average Bonchev–Trinajstić information content (AvgIpc) is 3.09. The van der Waals surface area contributed by atoms with Crippen LogP contribution in [0.15, 0.2) is 4.99 Å². The monoisotopic (exact) mass is 454 g/mol. The number of rotatable bonds is 9. The number of guanidine groups is 1. The normalized spacial score (nSPS) is 14.1. The van der Waals surface area contributed by atoms with Crippen LogP contribution in [0.5, 0.6) is 0 Å². The van der Waals surface area contributed by atoms with Gasteiger partial charge in [0.2, 0.25) is 5.91 Å². The molecule has 2 N–H and O–H groups in total. The SMILES string of the molecule is CCNC(=NCC(=O)N1CCCC1)NCCCCCC(=O)OC.I. The van der Waals surface area contributed by atoms with Crippen LogP contribution in [0.1, 0.15) is 45.4 Å². The van der Waals surface area contributed by atoms with E-state index in [9.17, 15) is 9.59 Å². The van der Waals surface area contributed by atoms with Crippen LogP contribution in [-0.2, 0) is 14.3 Å². The Bertz CT molecular complexity index is 399. The number of unbranched alkanes of at least 4 members (excludes halogenated alkanes) is 2. The van der Waals surface area contributed by atoms with Gasteiger partial charge in [0.05, 0.1) is 7.11 Å². The molecule has 0 radical (unpaired) electrons. The van der Waals surface area contributed by atoms with E-state index in [0.717, 1.165) is 58.3 Å². The van der Waals surface area contributed by atoms with Gasteiger partial charge in [-0.25, -0.2) is 4.99 Å². The zero-order valence-corrected chi connectivity index (χ0v) is 17.1. The number of hydrogen-bond acceptors (Lipinski definition) is 4. The molecule has 1 heterocycles. The third-order valence-corrected chi connectivity index (χ3v) is 3.75. The molecule has 0 saturated carbocycles. The zero-order chi connectivity index (χ0) is 16.9. The van der Waals surface area contributed by atoms with Crippen LogP contribution in [0.25, 0.3) is 0 Å². The van der Waals surface area contributed by atoms with E-state index in [1.807, 2.05) is 11.8 Å². The number of halogens is 1. The van der Waals surface area contributed by atoms with Crippen molar-refractivity contribution in [2.75, 3.05) is 39.8 Å². The molecule has 1 aliphatic heterocycles. The smallest absolute Gasteiger partial charge is 0.305 e. The molecule has 0 aromatic heterocycles. The van der Waals surface area contributed by atoms with Gasteiger partial charge in [0, 0.05) is 32.6 Å². The minimum atomic E-state index is -0.159. The second-order valence-corrected chi connectivity index (χ2v) is 5.60. The van der Waals surface area contributed by atoms with Gasteiger partial charge in [0.25, 0.3) is 0 Å². The van der Waals surface area contributed by atoms with E-state index in [-0.39, 0.29) is 42.4 Å². The van der Waals surface area contributed by atoms with Crippen LogP contribution in [0.3, 0.4) is 0 Å². The second kappa shape index (κ2) is 14.3. The highest BCUT2D eigenvalue weighted by molar-refractivity contribution is 14.0. The van der Waals surface area contributed by atoms with Gasteiger partial charge in [-0.3, -0.25) is 9.59 Å². The van der Waals surface area contributed by atoms with Gasteiger partial charge in [-0.15, -0.1) is 24.0 Å². The van der Waals surface area contributed by atoms with Crippen molar-refractivity contribution in [3.63, 3.8) is 0 Å². The van der Waals surface area contributed by atoms with Crippen molar-refractivity contribution in [2.45, 2.75) is 45.4 Å². The largest absolute Gasteiger partial charge is 0.469 e. The van der Waals surface area contributed by atoms with E-state index in [0.29, 0.717) is 12.4 Å². The first kappa shape index (κ1) is 22.9. The zero-order valence-electron chi connectivity index (χ0n) is 14.8. The van der Waals surface area contributed by atoms with Crippen LogP contribution < -0.4 is 10.6 Å². The fourth-order valence-corrected chi connectivity index (χ4v) is 2.43. The molecule has 0 aliphatic carbocycles. The highest BCUT2D eigenvalue weighted by Gasteiger charge is 2.17. The van der Waals surface area contributed by atoms with Crippen LogP contribution in [0.4, 0.5) is 0 Å². The molecule has 0 unspecified atom stereocenters. The number of amides is 1. The van der Waals surface area contributed by atoms with Crippen molar-refractivity contribution in [3.8, 4) is 0 Å². The summed E-state index contributed by atoms with van der Waals surface area (Å²) in [4.78, 5) is 29.2. The topological polar surface area (TPSA) is 83.0 Å². The van der Waals surface area contributed by atoms with Crippen molar-refractivity contribution in [1.82, 2.24) is 15.5 Å². The molecule has 0 atom stereocenters. The number of ether oxygens (including phenoxy) is 1. The van der Waals surface area contributed by atoms with Gasteiger partial charge in [-0.05, 0) is 32.6 Å². The Morgan fingerprint density at radius 3 is 2.46 bits per heavy atom. The molecule has 7 nitrogen and oxygen atoms in total. The molecule has 0 aromatic rings. The van der Waals surface area contributed by atoms with Crippen molar-refractivity contribution < 1.29 is 14.3 Å². The van der Waals surface area contributed by atoms with E-state index in [1.165, 1.54) is 7.11 Å². The Kier molecular flexibility index (Phi) is 13.7. The van der Waals surface area contributed by atoms with Crippen LogP contribution >= 0.6 is 24.0 Å². The fourth-order valence-electron chi connectivity index (χ4n) is 2.43. The van der Waals surface area contributed by atoms with Crippen LogP contribution in [0.2, 0.25) is 0 Å². The van der Waals surface area contributed by atoms with Gasteiger partial charge in [-0.2, -0.15) is 0 Å². The van der Waals surface area contributed by atoms with Gasteiger partial charge >= 0.3 is 5.97 Å². The molecule has 140 valence electrons. The summed E-state index contributed by atoms with van der Waals surface area (Å²) in [5.41, 5.74) is 0. The molecule has 0 aromatic carbocycles. The summed E-state index contributed by atoms with van der Waals surface area (Å²) in [6, 6.07) is 0. The number of hydrogen-bond donors (Lipinski definition) is 2. The van der Waals surface area contributed by atoms with Gasteiger partial charge in [0.15, 0.2) is 5.96 Å². The summed E-state index contributed by atoms with van der Waals surface area (Å²) < 4.78 is 4.60. The minimum absolute atomic E-state index is 0. The highest BCUT2D eigenvalue weighted by Crippen LogP contribution is 2.07. The van der Waals surface area contributed by atoms with E-state index < -0.39 is 0 Å². The first-order valence-corrected chi connectivity index (χ1v) is 8.54. The number of carbonyl (C=O) groups is 2. The van der Waals surface area contributed by atoms with Crippen molar-refractivity contribution in [1.29, 1.82) is 0 Å². The van der Waals surface area contributed by atoms with Crippen LogP contribution in [-0.4, -0.2) is 62.6 Å². The Balaban J connectivity index is 0.00000529. The first-order valence-electron chi connectivity index (χ1n) is 8.54. The minimum Gasteiger partial charge on any atom is -0.469 e. The quantitative estimate of drug-likeness (QED) is 0.182. The van der Waals surface area contributed by atoms with Crippen LogP contribution in [0, 0.1) is 0 Å². The van der Waals surface area contributed by atoms with Gasteiger partial charge < -0.3 is 20.3 Å². The van der Waals surface area contributed by atoms with Crippen molar-refractivity contribution in [3.05, 3.63) is 0 Å². The molecular weight excluding hydrogens is 423 g/mol. The van der Waals surface area contributed by atoms with E-state index >= 15 is 0 Å². The maximum absolute atomic E-state index is 12.0. The molecule has 1 amide bonds. The number of methoxy groups -OCH3 is 1. The number of likely N-dealkylation sites (tertiary alicyclic amines) is 1. The number of nitrogens with zero attached hydrogens (tertiary/aromatic N) is 2. The van der Waals surface area contributed by atoms with E-state index in [2.05, 4.69) is 20.4 Å². The summed E-state index contributed by atoms with van der Waals surface area (Å²) in [6.07, 6.45) is 5.39. The third-order valence-electron chi connectivity index (χ3n) is 3.75. The number of carbonyl (C=O) groups excluding carboxylic acids is 2. The Morgan fingerprint density at radius 1 is 1.12 bits per heavy atom. The fraction of sp³-hybridized carbons (Fsp3) is 0.812. The Hall–Kier alpha value is -1.06. The average molecular weight is 454 g/mol. The molecule has 24 heavy (non-hydrogen) atoms. The van der Waals surface area contributed by atoms with Crippen molar-refractivity contribution >= 4 is 41.8 Å². The van der Waals surface area contributed by atoms with Gasteiger partial charge in [0.1, 0.15) is 6.54 Å². The summed E-state index contributed by atoms with van der Waals surface area (Å²) in [6.45, 7) is 5.43.